The average molecular weight is 340 g/mol. The van der Waals surface area contributed by atoms with Gasteiger partial charge >= 0.3 is 0 Å². The van der Waals surface area contributed by atoms with Crippen LogP contribution in [0.4, 0.5) is 0 Å². The zero-order valence-electron chi connectivity index (χ0n) is 14.7. The van der Waals surface area contributed by atoms with Crippen molar-refractivity contribution >= 4 is 0 Å². The first-order valence-corrected chi connectivity index (χ1v) is 9.59. The van der Waals surface area contributed by atoms with Crippen molar-refractivity contribution < 1.29 is 14.2 Å². The molecule has 3 heterocycles. The lowest BCUT2D eigenvalue weighted by molar-refractivity contribution is -0.0376. The lowest BCUT2D eigenvalue weighted by Crippen LogP contribution is -2.43. The predicted molar refractivity (Wildman–Crippen MR) is 90.2 cm³/mol. The minimum absolute atomic E-state index is 0.382. The molecule has 0 aromatic heterocycles. The van der Waals surface area contributed by atoms with Crippen molar-refractivity contribution in [1.29, 1.82) is 0 Å². The number of hydrazine groups is 2. The molecule has 0 spiro atoms. The number of rotatable bonds is 0. The van der Waals surface area contributed by atoms with E-state index in [2.05, 4.69) is 28.2 Å². The van der Waals surface area contributed by atoms with Gasteiger partial charge in [-0.25, -0.2) is 5.01 Å². The molecule has 3 saturated heterocycles. The van der Waals surface area contributed by atoms with Crippen molar-refractivity contribution in [3.05, 3.63) is 0 Å². The van der Waals surface area contributed by atoms with Crippen LogP contribution < -0.4 is 16.3 Å². The molecular formula is C17H32N4O3. The van der Waals surface area contributed by atoms with Gasteiger partial charge in [0, 0.05) is 37.1 Å². The summed E-state index contributed by atoms with van der Waals surface area (Å²) in [6.45, 7) is 7.76. The predicted octanol–water partition coefficient (Wildman–Crippen LogP) is -0.112. The molecule has 4 rings (SSSR count). The van der Waals surface area contributed by atoms with E-state index >= 15 is 0 Å². The molecule has 0 radical (unpaired) electrons. The van der Waals surface area contributed by atoms with E-state index in [0.29, 0.717) is 62.5 Å². The third-order valence-electron chi connectivity index (χ3n) is 6.09. The van der Waals surface area contributed by atoms with Crippen molar-refractivity contribution in [2.24, 2.45) is 11.8 Å². The van der Waals surface area contributed by atoms with Crippen molar-refractivity contribution in [1.82, 2.24) is 21.3 Å². The maximum atomic E-state index is 6.09. The second-order valence-electron chi connectivity index (χ2n) is 7.70. The standard InChI is InChI=1S/C17H32N4O3/c1-12-11-23-5-4-22-6-7-24-14-2-3-16-15(8-14)17(20-19-16)13-9-18-21(12)10-13/h12-20H,2-11H2,1H3/t12-,13?,14?,15?,16?,17?/m1/s1. The molecular weight excluding hydrogens is 308 g/mol. The summed E-state index contributed by atoms with van der Waals surface area (Å²) in [5.41, 5.74) is 10.7. The summed E-state index contributed by atoms with van der Waals surface area (Å²) in [7, 11) is 0. The number of fused-ring (bicyclic) bond motifs is 4. The summed E-state index contributed by atoms with van der Waals surface area (Å²) in [6.07, 6.45) is 3.89. The van der Waals surface area contributed by atoms with Gasteiger partial charge in [-0.3, -0.25) is 16.3 Å². The van der Waals surface area contributed by atoms with Crippen LogP contribution in [-0.2, 0) is 14.2 Å². The monoisotopic (exact) mass is 340 g/mol. The third-order valence-corrected chi connectivity index (χ3v) is 6.09. The van der Waals surface area contributed by atoms with Crippen molar-refractivity contribution in [2.45, 2.75) is 50.4 Å². The van der Waals surface area contributed by atoms with Crippen LogP contribution in [-0.4, -0.2) is 75.4 Å². The van der Waals surface area contributed by atoms with Crippen molar-refractivity contribution in [2.75, 3.05) is 46.1 Å². The molecule has 1 saturated carbocycles. The van der Waals surface area contributed by atoms with Crippen molar-refractivity contribution in [3.63, 3.8) is 0 Å². The molecule has 7 heteroatoms. The highest BCUT2D eigenvalue weighted by atomic mass is 16.5. The first-order valence-electron chi connectivity index (χ1n) is 9.59. The fraction of sp³-hybridized carbons (Fsp3) is 1.00. The molecule has 4 aliphatic rings. The maximum absolute atomic E-state index is 6.09. The molecule has 138 valence electrons. The highest BCUT2D eigenvalue weighted by Gasteiger charge is 2.45. The Hall–Kier alpha value is -0.280. The van der Waals surface area contributed by atoms with Crippen LogP contribution in [0.25, 0.3) is 0 Å². The van der Waals surface area contributed by atoms with Crippen LogP contribution in [0.2, 0.25) is 0 Å². The van der Waals surface area contributed by atoms with Gasteiger partial charge in [0.05, 0.1) is 39.1 Å². The number of nitrogens with zero attached hydrogens (tertiary/aromatic N) is 1. The molecule has 24 heavy (non-hydrogen) atoms. The second-order valence-corrected chi connectivity index (χ2v) is 7.70. The van der Waals surface area contributed by atoms with E-state index in [-0.39, 0.29) is 0 Å². The summed E-state index contributed by atoms with van der Waals surface area (Å²) < 4.78 is 17.5. The van der Waals surface area contributed by atoms with Gasteiger partial charge in [-0.2, -0.15) is 0 Å². The molecule has 4 bridgehead atoms. The molecule has 0 amide bonds. The first-order chi connectivity index (χ1) is 11.8. The molecule has 3 aliphatic heterocycles. The molecule has 4 fully saturated rings. The van der Waals surface area contributed by atoms with Crippen molar-refractivity contribution in [3.8, 4) is 0 Å². The maximum Gasteiger partial charge on any atom is 0.0704 e. The Kier molecular flexibility index (Phi) is 5.68. The number of hydrogen-bond acceptors (Lipinski definition) is 7. The van der Waals surface area contributed by atoms with E-state index in [1.807, 2.05) is 0 Å². The SMILES string of the molecule is C[C@@H]1COCCOCCOC2CCC3NNC(C4CNN1C4)C3C2. The molecule has 3 N–H and O–H groups in total. The summed E-state index contributed by atoms with van der Waals surface area (Å²) in [5, 5.41) is 2.35. The topological polar surface area (TPSA) is 67.0 Å². The van der Waals surface area contributed by atoms with Gasteiger partial charge < -0.3 is 14.2 Å². The van der Waals surface area contributed by atoms with Gasteiger partial charge in [0.2, 0.25) is 0 Å². The summed E-state index contributed by atoms with van der Waals surface area (Å²) >= 11 is 0. The Bertz CT molecular complexity index is 413. The zero-order valence-corrected chi connectivity index (χ0v) is 14.7. The minimum atomic E-state index is 0.382. The van der Waals surface area contributed by atoms with E-state index in [0.717, 1.165) is 32.5 Å². The van der Waals surface area contributed by atoms with Crippen LogP contribution in [0.15, 0.2) is 0 Å². The average Bonchev–Trinajstić information content (AvgIpc) is 3.22. The Morgan fingerprint density at radius 1 is 1.00 bits per heavy atom. The highest BCUT2D eigenvalue weighted by molar-refractivity contribution is 5.00. The molecule has 0 aromatic carbocycles. The van der Waals surface area contributed by atoms with Crippen LogP contribution in [0, 0.1) is 11.8 Å². The van der Waals surface area contributed by atoms with E-state index in [9.17, 15) is 0 Å². The van der Waals surface area contributed by atoms with E-state index in [1.165, 1.54) is 6.42 Å². The summed E-state index contributed by atoms with van der Waals surface area (Å²) in [5.74, 6) is 1.29. The lowest BCUT2D eigenvalue weighted by Gasteiger charge is -2.35. The summed E-state index contributed by atoms with van der Waals surface area (Å²) in [6, 6.07) is 1.51. The molecule has 7 atom stereocenters. The molecule has 0 aromatic rings. The van der Waals surface area contributed by atoms with E-state index in [1.54, 1.807) is 0 Å². The smallest absolute Gasteiger partial charge is 0.0704 e. The van der Waals surface area contributed by atoms with Crippen LogP contribution in [0.1, 0.15) is 26.2 Å². The van der Waals surface area contributed by atoms with Crippen LogP contribution >= 0.6 is 0 Å². The Balaban J connectivity index is 1.43. The Morgan fingerprint density at radius 2 is 1.88 bits per heavy atom. The van der Waals surface area contributed by atoms with E-state index in [4.69, 9.17) is 14.2 Å². The van der Waals surface area contributed by atoms with Crippen LogP contribution in [0.3, 0.4) is 0 Å². The normalized spacial score (nSPS) is 47.6. The van der Waals surface area contributed by atoms with E-state index < -0.39 is 0 Å². The number of hydrogen-bond donors (Lipinski definition) is 3. The fourth-order valence-electron chi connectivity index (χ4n) is 4.70. The zero-order chi connectivity index (χ0) is 16.4. The summed E-state index contributed by atoms with van der Waals surface area (Å²) in [4.78, 5) is 0. The quantitative estimate of drug-likeness (QED) is 0.568. The van der Waals surface area contributed by atoms with Gasteiger partial charge in [-0.05, 0) is 32.1 Å². The van der Waals surface area contributed by atoms with Gasteiger partial charge in [-0.15, -0.1) is 0 Å². The van der Waals surface area contributed by atoms with Gasteiger partial charge in [-0.1, -0.05) is 0 Å². The Morgan fingerprint density at radius 3 is 2.83 bits per heavy atom. The van der Waals surface area contributed by atoms with Crippen LogP contribution in [0.5, 0.6) is 0 Å². The number of ether oxygens (including phenoxy) is 3. The second kappa shape index (κ2) is 7.95. The molecule has 6 unspecified atom stereocenters. The third kappa shape index (κ3) is 3.77. The lowest BCUT2D eigenvalue weighted by atomic mass is 9.76. The van der Waals surface area contributed by atoms with Gasteiger partial charge in [0.1, 0.15) is 0 Å². The highest BCUT2D eigenvalue weighted by Crippen LogP contribution is 2.35. The van der Waals surface area contributed by atoms with Gasteiger partial charge in [0.15, 0.2) is 0 Å². The fourth-order valence-corrected chi connectivity index (χ4v) is 4.70. The number of nitrogens with one attached hydrogen (secondary N) is 3. The minimum Gasteiger partial charge on any atom is -0.377 e. The van der Waals surface area contributed by atoms with Gasteiger partial charge in [0.25, 0.3) is 0 Å². The largest absolute Gasteiger partial charge is 0.377 e. The molecule has 7 nitrogen and oxygen atoms in total. The first kappa shape index (κ1) is 17.1. The molecule has 1 aliphatic carbocycles. The Labute approximate surface area is 144 Å².